The molecule has 172 valence electrons. The number of hydrogen-bond donors (Lipinski definition) is 1. The summed E-state index contributed by atoms with van der Waals surface area (Å²) in [4.78, 5) is 24.9. The molecular formula is C25H19ClN2O5S. The van der Waals surface area contributed by atoms with Crippen LogP contribution < -0.4 is 19.6 Å². The summed E-state index contributed by atoms with van der Waals surface area (Å²) in [7, 11) is 1.46. The number of amides is 1. The van der Waals surface area contributed by atoms with Crippen LogP contribution in [0.2, 0.25) is 5.02 Å². The zero-order valence-corrected chi connectivity index (χ0v) is 19.6. The summed E-state index contributed by atoms with van der Waals surface area (Å²) in [5, 5.41) is 5.08. The fourth-order valence-corrected chi connectivity index (χ4v) is 4.40. The number of hydrazone groups is 1. The van der Waals surface area contributed by atoms with E-state index < -0.39 is 11.9 Å². The Bertz CT molecular complexity index is 1350. The van der Waals surface area contributed by atoms with Gasteiger partial charge in [0.25, 0.3) is 5.91 Å². The van der Waals surface area contributed by atoms with Gasteiger partial charge in [-0.15, -0.1) is 11.3 Å². The Morgan fingerprint density at radius 1 is 1.03 bits per heavy atom. The number of fused-ring (bicyclic) bond motifs is 1. The third kappa shape index (κ3) is 5.54. The second kappa shape index (κ2) is 10.8. The molecular weight excluding hydrogens is 476 g/mol. The molecule has 0 aliphatic heterocycles. The number of hydrogen-bond acceptors (Lipinski definition) is 7. The molecule has 0 unspecified atom stereocenters. The Kier molecular flexibility index (Phi) is 7.41. The molecule has 9 heteroatoms. The summed E-state index contributed by atoms with van der Waals surface area (Å²) in [5.74, 6) is 0.176. The number of benzene rings is 3. The van der Waals surface area contributed by atoms with E-state index in [1.165, 1.54) is 24.7 Å². The van der Waals surface area contributed by atoms with E-state index in [1.807, 2.05) is 42.5 Å². The van der Waals surface area contributed by atoms with Crippen LogP contribution in [-0.2, 0) is 4.79 Å². The predicted molar refractivity (Wildman–Crippen MR) is 132 cm³/mol. The third-order valence-electron chi connectivity index (χ3n) is 4.63. The predicted octanol–water partition coefficient (Wildman–Crippen LogP) is 5.31. The number of halogens is 1. The minimum Gasteiger partial charge on any atom is -0.493 e. The zero-order chi connectivity index (χ0) is 23.9. The van der Waals surface area contributed by atoms with Gasteiger partial charge in [0.1, 0.15) is 10.6 Å². The number of rotatable bonds is 8. The summed E-state index contributed by atoms with van der Waals surface area (Å²) in [6.45, 7) is -0.167. The second-order valence-corrected chi connectivity index (χ2v) is 8.37. The van der Waals surface area contributed by atoms with Crippen molar-refractivity contribution in [1.29, 1.82) is 0 Å². The van der Waals surface area contributed by atoms with Crippen molar-refractivity contribution >= 4 is 51.1 Å². The second-order valence-electron chi connectivity index (χ2n) is 6.94. The number of carbonyl (C=O) groups excluding carboxylic acids is 2. The summed E-state index contributed by atoms with van der Waals surface area (Å²) in [6, 6.07) is 21.4. The Morgan fingerprint density at radius 2 is 1.79 bits per heavy atom. The van der Waals surface area contributed by atoms with E-state index in [0.717, 1.165) is 10.1 Å². The van der Waals surface area contributed by atoms with Gasteiger partial charge in [-0.1, -0.05) is 48.0 Å². The molecule has 0 bridgehead atoms. The molecule has 0 aliphatic carbocycles. The van der Waals surface area contributed by atoms with Crippen LogP contribution in [0.4, 0.5) is 0 Å². The Morgan fingerprint density at radius 3 is 2.56 bits per heavy atom. The first kappa shape index (κ1) is 23.3. The lowest BCUT2D eigenvalue weighted by Crippen LogP contribution is -2.24. The number of nitrogens with one attached hydrogen (secondary N) is 1. The first-order valence-corrected chi connectivity index (χ1v) is 11.3. The summed E-state index contributed by atoms with van der Waals surface area (Å²) < 4.78 is 17.1. The lowest BCUT2D eigenvalue weighted by molar-refractivity contribution is -0.123. The van der Waals surface area contributed by atoms with E-state index in [9.17, 15) is 9.59 Å². The molecule has 7 nitrogen and oxygen atoms in total. The molecule has 1 heterocycles. The lowest BCUT2D eigenvalue weighted by Gasteiger charge is -2.09. The average Bonchev–Trinajstić information content (AvgIpc) is 3.21. The van der Waals surface area contributed by atoms with Crippen molar-refractivity contribution in [1.82, 2.24) is 5.43 Å². The fourth-order valence-electron chi connectivity index (χ4n) is 3.02. The van der Waals surface area contributed by atoms with Crippen LogP contribution in [0.25, 0.3) is 10.1 Å². The molecule has 0 saturated heterocycles. The maximum atomic E-state index is 12.7. The number of nitrogens with zero attached hydrogens (tertiary/aromatic N) is 1. The molecule has 1 N–H and O–H groups in total. The minimum atomic E-state index is -0.573. The molecule has 1 aromatic heterocycles. The van der Waals surface area contributed by atoms with Crippen LogP contribution >= 0.6 is 22.9 Å². The number of methoxy groups -OCH3 is 1. The maximum absolute atomic E-state index is 12.7. The van der Waals surface area contributed by atoms with Crippen LogP contribution in [0.5, 0.6) is 17.2 Å². The van der Waals surface area contributed by atoms with Crippen LogP contribution in [0.1, 0.15) is 15.2 Å². The van der Waals surface area contributed by atoms with E-state index in [1.54, 1.807) is 30.3 Å². The highest BCUT2D eigenvalue weighted by molar-refractivity contribution is 7.21. The molecule has 0 radical (unpaired) electrons. The van der Waals surface area contributed by atoms with Crippen molar-refractivity contribution in [2.45, 2.75) is 0 Å². The topological polar surface area (TPSA) is 86.2 Å². The van der Waals surface area contributed by atoms with Crippen molar-refractivity contribution in [3.05, 3.63) is 88.3 Å². The van der Waals surface area contributed by atoms with Crippen LogP contribution in [0.3, 0.4) is 0 Å². The van der Waals surface area contributed by atoms with Gasteiger partial charge >= 0.3 is 5.97 Å². The molecule has 4 aromatic rings. The van der Waals surface area contributed by atoms with Crippen LogP contribution in [-0.4, -0.2) is 31.8 Å². The van der Waals surface area contributed by atoms with Gasteiger partial charge in [0.2, 0.25) is 0 Å². The number of esters is 1. The molecule has 3 aromatic carbocycles. The SMILES string of the molecule is COc1cc(/C=N/NC(=O)COc2ccccc2)ccc1OC(=O)c1sc2ccccc2c1Cl. The average molecular weight is 495 g/mol. The quantitative estimate of drug-likeness (QED) is 0.155. The van der Waals surface area contributed by atoms with Gasteiger partial charge in [0.05, 0.1) is 18.3 Å². The largest absolute Gasteiger partial charge is 0.493 e. The molecule has 0 spiro atoms. The van der Waals surface area contributed by atoms with Crippen LogP contribution in [0, 0.1) is 0 Å². The van der Waals surface area contributed by atoms with Gasteiger partial charge in [0.15, 0.2) is 18.1 Å². The van der Waals surface area contributed by atoms with Crippen molar-refractivity contribution in [2.24, 2.45) is 5.10 Å². The van der Waals surface area contributed by atoms with Gasteiger partial charge in [-0.25, -0.2) is 10.2 Å². The van der Waals surface area contributed by atoms with E-state index in [-0.39, 0.29) is 12.4 Å². The van der Waals surface area contributed by atoms with E-state index in [4.69, 9.17) is 25.8 Å². The normalized spacial score (nSPS) is 10.9. The molecule has 0 aliphatic rings. The van der Waals surface area contributed by atoms with Gasteiger partial charge in [-0.2, -0.15) is 5.10 Å². The third-order valence-corrected chi connectivity index (χ3v) is 6.28. The van der Waals surface area contributed by atoms with Crippen molar-refractivity contribution in [2.75, 3.05) is 13.7 Å². The fraction of sp³-hybridized carbons (Fsp3) is 0.0800. The summed E-state index contributed by atoms with van der Waals surface area (Å²) in [5.41, 5.74) is 3.02. The van der Waals surface area contributed by atoms with Gasteiger partial charge in [0, 0.05) is 10.1 Å². The Balaban J connectivity index is 1.38. The lowest BCUT2D eigenvalue weighted by atomic mass is 10.2. The number of ether oxygens (including phenoxy) is 3. The molecule has 0 fully saturated rings. The van der Waals surface area contributed by atoms with E-state index in [0.29, 0.717) is 27.0 Å². The highest BCUT2D eigenvalue weighted by Crippen LogP contribution is 2.37. The van der Waals surface area contributed by atoms with Gasteiger partial charge in [-0.3, -0.25) is 4.79 Å². The Hall–Kier alpha value is -3.88. The maximum Gasteiger partial charge on any atom is 0.355 e. The van der Waals surface area contributed by atoms with Gasteiger partial charge < -0.3 is 14.2 Å². The minimum absolute atomic E-state index is 0.167. The van der Waals surface area contributed by atoms with Gasteiger partial charge in [-0.05, 0) is 42.0 Å². The van der Waals surface area contributed by atoms with Crippen molar-refractivity contribution in [3.63, 3.8) is 0 Å². The van der Waals surface area contributed by atoms with Crippen molar-refractivity contribution < 1.29 is 23.8 Å². The molecule has 4 rings (SSSR count). The summed E-state index contributed by atoms with van der Waals surface area (Å²) >= 11 is 7.64. The number of thiophene rings is 1. The van der Waals surface area contributed by atoms with E-state index in [2.05, 4.69) is 10.5 Å². The van der Waals surface area contributed by atoms with E-state index >= 15 is 0 Å². The molecule has 0 atom stereocenters. The monoisotopic (exact) mass is 494 g/mol. The van der Waals surface area contributed by atoms with Crippen molar-refractivity contribution in [3.8, 4) is 17.2 Å². The number of carbonyl (C=O) groups is 2. The standard InChI is InChI=1S/C25H19ClN2O5S/c1-31-20-13-16(14-27-28-22(29)15-32-17-7-3-2-4-8-17)11-12-19(20)33-25(30)24-23(26)18-9-5-6-10-21(18)34-24/h2-14H,15H2,1H3,(H,28,29)/b27-14+. The highest BCUT2D eigenvalue weighted by Gasteiger charge is 2.20. The molecule has 1 amide bonds. The zero-order valence-electron chi connectivity index (χ0n) is 18.0. The smallest absolute Gasteiger partial charge is 0.355 e. The van der Waals surface area contributed by atoms with Crippen LogP contribution in [0.15, 0.2) is 77.9 Å². The number of para-hydroxylation sites is 1. The highest BCUT2D eigenvalue weighted by atomic mass is 35.5. The Labute approximate surface area is 204 Å². The molecule has 34 heavy (non-hydrogen) atoms. The first-order valence-electron chi connectivity index (χ1n) is 10.1. The summed E-state index contributed by atoms with van der Waals surface area (Å²) in [6.07, 6.45) is 1.44. The molecule has 0 saturated carbocycles. The first-order chi connectivity index (χ1) is 16.5.